The standard InChI is InChI=1S/C10H18N4S/c1-7-6-9(4-5-13(7)3)14-8(2)11-12-10(14)15/h7,9H,4-6H2,1-3H3,(H,12,15). The summed E-state index contributed by atoms with van der Waals surface area (Å²) < 4.78 is 2.92. The van der Waals surface area contributed by atoms with E-state index in [1.165, 1.54) is 0 Å². The fourth-order valence-corrected chi connectivity index (χ4v) is 2.64. The predicted molar refractivity (Wildman–Crippen MR) is 62.5 cm³/mol. The van der Waals surface area contributed by atoms with Gasteiger partial charge in [0.25, 0.3) is 0 Å². The number of nitrogens with one attached hydrogen (secondary N) is 1. The van der Waals surface area contributed by atoms with Crippen molar-refractivity contribution in [2.75, 3.05) is 13.6 Å². The van der Waals surface area contributed by atoms with Gasteiger partial charge < -0.3 is 9.47 Å². The van der Waals surface area contributed by atoms with Crippen LogP contribution in [0.2, 0.25) is 0 Å². The lowest BCUT2D eigenvalue weighted by atomic mass is 9.99. The van der Waals surface area contributed by atoms with Crippen molar-refractivity contribution in [2.45, 2.75) is 38.8 Å². The topological polar surface area (TPSA) is 36.9 Å². The zero-order chi connectivity index (χ0) is 11.0. The minimum absolute atomic E-state index is 0.516. The highest BCUT2D eigenvalue weighted by Gasteiger charge is 2.25. The molecule has 1 aliphatic heterocycles. The fraction of sp³-hybridized carbons (Fsp3) is 0.800. The molecule has 2 unspecified atom stereocenters. The smallest absolute Gasteiger partial charge is 0.195 e. The third kappa shape index (κ3) is 1.99. The van der Waals surface area contributed by atoms with Gasteiger partial charge in [-0.25, -0.2) is 0 Å². The van der Waals surface area contributed by atoms with Gasteiger partial charge in [-0.15, -0.1) is 0 Å². The normalized spacial score (nSPS) is 28.2. The van der Waals surface area contributed by atoms with Crippen LogP contribution in [-0.4, -0.2) is 39.3 Å². The monoisotopic (exact) mass is 226 g/mol. The highest BCUT2D eigenvalue weighted by Crippen LogP contribution is 2.26. The maximum Gasteiger partial charge on any atom is 0.195 e. The van der Waals surface area contributed by atoms with Crippen LogP contribution in [0.25, 0.3) is 0 Å². The summed E-state index contributed by atoms with van der Waals surface area (Å²) in [5, 5.41) is 7.03. The second-order valence-electron chi connectivity index (χ2n) is 4.45. The van der Waals surface area contributed by atoms with Crippen molar-refractivity contribution < 1.29 is 0 Å². The van der Waals surface area contributed by atoms with E-state index >= 15 is 0 Å². The summed E-state index contributed by atoms with van der Waals surface area (Å²) in [4.78, 5) is 2.40. The van der Waals surface area contributed by atoms with Gasteiger partial charge in [-0.2, -0.15) is 5.10 Å². The molecule has 0 radical (unpaired) electrons. The van der Waals surface area contributed by atoms with Crippen molar-refractivity contribution in [3.63, 3.8) is 0 Å². The van der Waals surface area contributed by atoms with E-state index in [9.17, 15) is 0 Å². The highest BCUT2D eigenvalue weighted by atomic mass is 32.1. The average Bonchev–Trinajstić information content (AvgIpc) is 2.52. The molecule has 1 aromatic rings. The van der Waals surface area contributed by atoms with Crippen molar-refractivity contribution in [1.29, 1.82) is 0 Å². The molecule has 0 spiro atoms. The SMILES string of the molecule is Cc1n[nH]c(=S)n1C1CCN(C)C(C)C1. The van der Waals surface area contributed by atoms with Gasteiger partial charge in [0, 0.05) is 18.6 Å². The Morgan fingerprint density at radius 1 is 1.53 bits per heavy atom. The number of hydrogen-bond acceptors (Lipinski definition) is 3. The van der Waals surface area contributed by atoms with Gasteiger partial charge in [0.1, 0.15) is 5.82 Å². The quantitative estimate of drug-likeness (QED) is 0.743. The maximum absolute atomic E-state index is 5.25. The number of likely N-dealkylation sites (tertiary alicyclic amines) is 1. The number of H-pyrrole nitrogens is 1. The number of aryl methyl sites for hydroxylation is 1. The molecule has 1 saturated heterocycles. The molecule has 0 amide bonds. The zero-order valence-corrected chi connectivity index (χ0v) is 10.3. The summed E-state index contributed by atoms with van der Waals surface area (Å²) in [5.41, 5.74) is 0. The molecule has 1 aromatic heterocycles. The van der Waals surface area contributed by atoms with Crippen LogP contribution in [-0.2, 0) is 0 Å². The lowest BCUT2D eigenvalue weighted by molar-refractivity contribution is 0.155. The van der Waals surface area contributed by atoms with Gasteiger partial charge >= 0.3 is 0 Å². The minimum Gasteiger partial charge on any atom is -0.304 e. The Morgan fingerprint density at radius 2 is 2.27 bits per heavy atom. The van der Waals surface area contributed by atoms with Gasteiger partial charge in [0.05, 0.1) is 0 Å². The molecule has 2 heterocycles. The Morgan fingerprint density at radius 3 is 2.80 bits per heavy atom. The van der Waals surface area contributed by atoms with Crippen LogP contribution >= 0.6 is 12.2 Å². The van der Waals surface area contributed by atoms with E-state index in [4.69, 9.17) is 12.2 Å². The zero-order valence-electron chi connectivity index (χ0n) is 9.53. The van der Waals surface area contributed by atoms with E-state index in [2.05, 4.69) is 33.6 Å². The summed E-state index contributed by atoms with van der Waals surface area (Å²) in [6.07, 6.45) is 2.32. The number of nitrogens with zero attached hydrogens (tertiary/aromatic N) is 3. The Labute approximate surface area is 95.3 Å². The summed E-state index contributed by atoms with van der Waals surface area (Å²) >= 11 is 5.25. The molecule has 1 N–H and O–H groups in total. The van der Waals surface area contributed by atoms with Crippen molar-refractivity contribution in [2.24, 2.45) is 0 Å². The highest BCUT2D eigenvalue weighted by molar-refractivity contribution is 7.71. The lowest BCUT2D eigenvalue weighted by Crippen LogP contribution is -2.38. The van der Waals surface area contributed by atoms with Crippen LogP contribution < -0.4 is 0 Å². The number of hydrogen-bond donors (Lipinski definition) is 1. The van der Waals surface area contributed by atoms with Crippen molar-refractivity contribution in [3.05, 3.63) is 10.6 Å². The molecular formula is C10H18N4S. The van der Waals surface area contributed by atoms with Crippen LogP contribution in [0.4, 0.5) is 0 Å². The summed E-state index contributed by atoms with van der Waals surface area (Å²) in [6, 6.07) is 1.14. The van der Waals surface area contributed by atoms with Gasteiger partial charge in [-0.05, 0) is 46.0 Å². The van der Waals surface area contributed by atoms with E-state index in [0.717, 1.165) is 30.0 Å². The van der Waals surface area contributed by atoms with Gasteiger partial charge in [-0.1, -0.05) is 0 Å². The molecule has 0 bridgehead atoms. The maximum atomic E-state index is 5.25. The molecule has 5 heteroatoms. The first-order chi connectivity index (χ1) is 7.09. The lowest BCUT2D eigenvalue weighted by Gasteiger charge is -2.35. The Kier molecular flexibility index (Phi) is 2.93. The summed E-state index contributed by atoms with van der Waals surface area (Å²) in [6.45, 7) is 5.42. The molecule has 1 fully saturated rings. The van der Waals surface area contributed by atoms with Gasteiger partial charge in [0.2, 0.25) is 0 Å². The second kappa shape index (κ2) is 4.06. The summed E-state index contributed by atoms with van der Waals surface area (Å²) in [5.74, 6) is 1.00. The minimum atomic E-state index is 0.516. The second-order valence-corrected chi connectivity index (χ2v) is 4.84. The predicted octanol–water partition coefficient (Wildman–Crippen LogP) is 1.90. The molecule has 15 heavy (non-hydrogen) atoms. The Hall–Kier alpha value is -0.680. The first kappa shape index (κ1) is 10.8. The van der Waals surface area contributed by atoms with E-state index in [1.54, 1.807) is 0 Å². The number of aromatic amines is 1. The van der Waals surface area contributed by atoms with Gasteiger partial charge in [-0.3, -0.25) is 5.10 Å². The van der Waals surface area contributed by atoms with E-state index in [1.807, 2.05) is 6.92 Å². The molecular weight excluding hydrogens is 208 g/mol. The molecule has 84 valence electrons. The molecule has 4 nitrogen and oxygen atoms in total. The van der Waals surface area contributed by atoms with Crippen LogP contribution in [0.5, 0.6) is 0 Å². The van der Waals surface area contributed by atoms with Crippen LogP contribution in [0.15, 0.2) is 0 Å². The number of piperidine rings is 1. The first-order valence-electron chi connectivity index (χ1n) is 5.43. The molecule has 2 rings (SSSR count). The third-order valence-corrected chi connectivity index (χ3v) is 3.71. The van der Waals surface area contributed by atoms with Gasteiger partial charge in [0.15, 0.2) is 4.77 Å². The Balaban J connectivity index is 2.22. The molecule has 1 aliphatic rings. The van der Waals surface area contributed by atoms with Crippen LogP contribution in [0.1, 0.15) is 31.6 Å². The van der Waals surface area contributed by atoms with Crippen molar-refractivity contribution in [3.8, 4) is 0 Å². The molecule has 0 aromatic carbocycles. The largest absolute Gasteiger partial charge is 0.304 e. The van der Waals surface area contributed by atoms with Crippen LogP contribution in [0, 0.1) is 11.7 Å². The molecule has 0 aliphatic carbocycles. The molecule has 2 atom stereocenters. The Bertz CT molecular complexity index is 394. The van der Waals surface area contributed by atoms with E-state index in [0.29, 0.717) is 12.1 Å². The summed E-state index contributed by atoms with van der Waals surface area (Å²) in [7, 11) is 2.18. The van der Waals surface area contributed by atoms with Crippen molar-refractivity contribution >= 4 is 12.2 Å². The molecule has 0 saturated carbocycles. The number of aromatic nitrogens is 3. The number of rotatable bonds is 1. The van der Waals surface area contributed by atoms with Crippen molar-refractivity contribution in [1.82, 2.24) is 19.7 Å². The van der Waals surface area contributed by atoms with Crippen LogP contribution in [0.3, 0.4) is 0 Å². The average molecular weight is 226 g/mol. The van der Waals surface area contributed by atoms with E-state index in [-0.39, 0.29) is 0 Å². The van der Waals surface area contributed by atoms with E-state index < -0.39 is 0 Å². The third-order valence-electron chi connectivity index (χ3n) is 3.43. The fourth-order valence-electron chi connectivity index (χ4n) is 2.31. The first-order valence-corrected chi connectivity index (χ1v) is 5.84.